The Morgan fingerprint density at radius 3 is 2.64 bits per heavy atom. The van der Waals surface area contributed by atoms with Gasteiger partial charge in [0, 0.05) is 0 Å². The average Bonchev–Trinajstić information content (AvgIpc) is 2.04. The van der Waals surface area contributed by atoms with Crippen molar-refractivity contribution < 1.29 is 0 Å². The molecule has 0 N–H and O–H groups in total. The van der Waals surface area contributed by atoms with Crippen molar-refractivity contribution in [1.82, 2.24) is 0 Å². The summed E-state index contributed by atoms with van der Waals surface area (Å²) in [6.07, 6.45) is 0. The molecule has 0 aliphatic carbocycles. The highest BCUT2D eigenvalue weighted by atomic mass is 16.3. The van der Waals surface area contributed by atoms with Crippen LogP contribution in [0, 0.1) is 11.8 Å². The van der Waals surface area contributed by atoms with Crippen LogP contribution in [0.1, 0.15) is 5.56 Å². The van der Waals surface area contributed by atoms with Crippen molar-refractivity contribution >= 4 is 18.1 Å². The molecular formula is C8H8N2O. The molecule has 0 aliphatic rings. The highest BCUT2D eigenvalue weighted by molar-refractivity contribution is 5.65. The molecule has 1 rings (SSSR count). The molecule has 0 atom stereocenters. The molecule has 11 heavy (non-hydrogen) atoms. The van der Waals surface area contributed by atoms with Crippen LogP contribution in [-0.2, 0) is 0 Å². The van der Waals surface area contributed by atoms with E-state index in [1.807, 2.05) is 13.0 Å². The second-order valence-electron chi connectivity index (χ2n) is 2.24. The van der Waals surface area contributed by atoms with E-state index in [9.17, 15) is 4.91 Å². The number of aliphatic imine (C=N–C) groups is 1. The summed E-state index contributed by atoms with van der Waals surface area (Å²) in [7, 11) is 0. The molecule has 1 aromatic carbocycles. The van der Waals surface area contributed by atoms with Crippen molar-refractivity contribution in [2.75, 3.05) is 0 Å². The van der Waals surface area contributed by atoms with Gasteiger partial charge in [-0.2, -0.15) is 0 Å². The van der Waals surface area contributed by atoms with Gasteiger partial charge in [-0.05, 0) is 36.5 Å². The first-order chi connectivity index (χ1) is 5.27. The highest BCUT2D eigenvalue weighted by Gasteiger charge is 1.98. The number of nitrogens with zero attached hydrogens (tertiary/aromatic N) is 2. The Balaban J connectivity index is 3.26. The SMILES string of the molecule is C=Nc1ccc(C)cc1N=O. The van der Waals surface area contributed by atoms with Crippen molar-refractivity contribution in [1.29, 1.82) is 0 Å². The molecule has 3 heteroatoms. The highest BCUT2D eigenvalue weighted by Crippen LogP contribution is 2.27. The molecule has 0 heterocycles. The quantitative estimate of drug-likeness (QED) is 0.469. The first kappa shape index (κ1) is 7.60. The predicted octanol–water partition coefficient (Wildman–Crippen LogP) is 2.73. The van der Waals surface area contributed by atoms with Crippen LogP contribution < -0.4 is 0 Å². The van der Waals surface area contributed by atoms with Gasteiger partial charge in [-0.3, -0.25) is 4.99 Å². The molecule has 0 saturated heterocycles. The van der Waals surface area contributed by atoms with Crippen LogP contribution in [0.3, 0.4) is 0 Å². The van der Waals surface area contributed by atoms with Crippen LogP contribution in [-0.4, -0.2) is 6.72 Å². The lowest BCUT2D eigenvalue weighted by Gasteiger charge is -1.96. The van der Waals surface area contributed by atoms with Gasteiger partial charge >= 0.3 is 0 Å². The lowest BCUT2D eigenvalue weighted by molar-refractivity contribution is 1.39. The summed E-state index contributed by atoms with van der Waals surface area (Å²) in [6.45, 7) is 5.21. The maximum absolute atomic E-state index is 10.2. The lowest BCUT2D eigenvalue weighted by Crippen LogP contribution is -1.70. The summed E-state index contributed by atoms with van der Waals surface area (Å²) in [5.41, 5.74) is 1.87. The number of hydrogen-bond acceptors (Lipinski definition) is 3. The van der Waals surface area contributed by atoms with Crippen LogP contribution in [0.25, 0.3) is 0 Å². The van der Waals surface area contributed by atoms with Crippen molar-refractivity contribution in [2.24, 2.45) is 10.2 Å². The van der Waals surface area contributed by atoms with E-state index < -0.39 is 0 Å². The fraction of sp³-hybridized carbons (Fsp3) is 0.125. The first-order valence-corrected chi connectivity index (χ1v) is 3.18. The van der Waals surface area contributed by atoms with E-state index in [1.54, 1.807) is 12.1 Å². The summed E-state index contributed by atoms with van der Waals surface area (Å²) < 4.78 is 0. The van der Waals surface area contributed by atoms with Crippen molar-refractivity contribution in [3.8, 4) is 0 Å². The fourth-order valence-corrected chi connectivity index (χ4v) is 0.840. The Morgan fingerprint density at radius 1 is 1.36 bits per heavy atom. The van der Waals surface area contributed by atoms with Gasteiger partial charge in [0.15, 0.2) is 0 Å². The minimum absolute atomic E-state index is 0.347. The largest absolute Gasteiger partial charge is 0.262 e. The topological polar surface area (TPSA) is 41.8 Å². The third-order valence-electron chi connectivity index (χ3n) is 1.40. The van der Waals surface area contributed by atoms with E-state index in [2.05, 4.69) is 16.9 Å². The van der Waals surface area contributed by atoms with E-state index in [1.165, 1.54) is 0 Å². The zero-order chi connectivity index (χ0) is 8.27. The van der Waals surface area contributed by atoms with E-state index in [0.29, 0.717) is 11.4 Å². The third kappa shape index (κ3) is 1.49. The molecule has 0 fully saturated rings. The summed E-state index contributed by atoms with van der Waals surface area (Å²) in [5, 5.41) is 2.82. The second kappa shape index (κ2) is 3.05. The number of aryl methyl sites for hydroxylation is 1. The molecule has 0 radical (unpaired) electrons. The van der Waals surface area contributed by atoms with Gasteiger partial charge in [-0.1, -0.05) is 6.07 Å². The Bertz CT molecular complexity index is 294. The van der Waals surface area contributed by atoms with Crippen molar-refractivity contribution in [3.05, 3.63) is 28.7 Å². The van der Waals surface area contributed by atoms with E-state index >= 15 is 0 Å². The summed E-state index contributed by atoms with van der Waals surface area (Å²) in [6, 6.07) is 5.26. The maximum Gasteiger partial charge on any atom is 0.133 e. The van der Waals surface area contributed by atoms with Gasteiger partial charge in [-0.15, -0.1) is 4.91 Å². The van der Waals surface area contributed by atoms with E-state index in [4.69, 9.17) is 0 Å². The van der Waals surface area contributed by atoms with Crippen LogP contribution in [0.15, 0.2) is 28.4 Å². The van der Waals surface area contributed by atoms with Gasteiger partial charge in [0.1, 0.15) is 5.69 Å². The van der Waals surface area contributed by atoms with Gasteiger partial charge in [0.25, 0.3) is 0 Å². The summed E-state index contributed by atoms with van der Waals surface area (Å²) in [5.74, 6) is 0. The monoisotopic (exact) mass is 148 g/mol. The van der Waals surface area contributed by atoms with Crippen LogP contribution in [0.2, 0.25) is 0 Å². The van der Waals surface area contributed by atoms with Gasteiger partial charge in [0.2, 0.25) is 0 Å². The summed E-state index contributed by atoms with van der Waals surface area (Å²) in [4.78, 5) is 13.8. The molecular weight excluding hydrogens is 140 g/mol. The Hall–Kier alpha value is -1.51. The van der Waals surface area contributed by atoms with Crippen LogP contribution in [0.4, 0.5) is 11.4 Å². The Kier molecular flexibility index (Phi) is 2.11. The molecule has 0 spiro atoms. The molecule has 3 nitrogen and oxygen atoms in total. The maximum atomic E-state index is 10.2. The summed E-state index contributed by atoms with van der Waals surface area (Å²) >= 11 is 0. The van der Waals surface area contributed by atoms with Gasteiger partial charge < -0.3 is 0 Å². The van der Waals surface area contributed by atoms with Crippen LogP contribution >= 0.6 is 0 Å². The molecule has 0 bridgehead atoms. The fourth-order valence-electron chi connectivity index (χ4n) is 0.840. The van der Waals surface area contributed by atoms with E-state index in [-0.39, 0.29) is 0 Å². The zero-order valence-corrected chi connectivity index (χ0v) is 6.24. The number of rotatable bonds is 2. The molecule has 56 valence electrons. The lowest BCUT2D eigenvalue weighted by atomic mass is 10.2. The molecule has 1 aromatic rings. The average molecular weight is 148 g/mol. The number of hydrogen-bond donors (Lipinski definition) is 0. The predicted molar refractivity (Wildman–Crippen MR) is 45.8 cm³/mol. The number of nitroso groups, excluding NO2 is 1. The van der Waals surface area contributed by atoms with Crippen molar-refractivity contribution in [3.63, 3.8) is 0 Å². The molecule has 0 aromatic heterocycles. The van der Waals surface area contributed by atoms with Crippen molar-refractivity contribution in [2.45, 2.75) is 6.92 Å². The minimum atomic E-state index is 0.347. The smallest absolute Gasteiger partial charge is 0.133 e. The number of benzene rings is 1. The second-order valence-corrected chi connectivity index (χ2v) is 2.24. The third-order valence-corrected chi connectivity index (χ3v) is 1.40. The normalized spacial score (nSPS) is 9.18. The molecule has 0 aliphatic heterocycles. The standard InChI is InChI=1S/C8H8N2O/c1-6-3-4-7(9-2)8(5-6)10-11/h3-5H,2H2,1H3. The van der Waals surface area contributed by atoms with Crippen LogP contribution in [0.5, 0.6) is 0 Å². The van der Waals surface area contributed by atoms with E-state index in [0.717, 1.165) is 5.56 Å². The van der Waals surface area contributed by atoms with Gasteiger partial charge in [0.05, 0.1) is 5.69 Å². The Morgan fingerprint density at radius 2 is 2.09 bits per heavy atom. The molecule has 0 unspecified atom stereocenters. The minimum Gasteiger partial charge on any atom is -0.262 e. The first-order valence-electron chi connectivity index (χ1n) is 3.18. The molecule has 0 saturated carbocycles. The van der Waals surface area contributed by atoms with Gasteiger partial charge in [-0.25, -0.2) is 0 Å². The zero-order valence-electron chi connectivity index (χ0n) is 6.24. The molecule has 0 amide bonds. The Labute approximate surface area is 64.8 Å².